The fraction of sp³-hybridized carbons (Fsp3) is 0.231. The van der Waals surface area contributed by atoms with Crippen molar-refractivity contribution in [3.63, 3.8) is 0 Å². The molecule has 0 aliphatic rings. The van der Waals surface area contributed by atoms with Gasteiger partial charge in [-0.1, -0.05) is 0 Å². The fourth-order valence-electron chi connectivity index (χ4n) is 1.79. The topological polar surface area (TPSA) is 94.2 Å². The lowest BCUT2D eigenvalue weighted by molar-refractivity contribution is 0.179. The summed E-state index contributed by atoms with van der Waals surface area (Å²) in [6, 6.07) is 3.10. The first-order chi connectivity index (χ1) is 10.1. The van der Waals surface area contributed by atoms with E-state index in [1.54, 1.807) is 13.0 Å². The number of hydrogen-bond donors (Lipinski definition) is 1. The average Bonchev–Trinajstić information content (AvgIpc) is 2.50. The SMILES string of the molecule is CCN(C(=O)OC)c1cc(-c2nc(N)ncc2F)ccn1. The smallest absolute Gasteiger partial charge is 0.415 e. The van der Waals surface area contributed by atoms with Crippen LogP contribution in [0.3, 0.4) is 0 Å². The lowest BCUT2D eigenvalue weighted by Crippen LogP contribution is -2.31. The Morgan fingerprint density at radius 3 is 2.90 bits per heavy atom. The molecule has 0 unspecified atom stereocenters. The van der Waals surface area contributed by atoms with Gasteiger partial charge in [0.05, 0.1) is 13.3 Å². The first-order valence-electron chi connectivity index (χ1n) is 6.16. The average molecular weight is 291 g/mol. The summed E-state index contributed by atoms with van der Waals surface area (Å²) in [6.07, 6.45) is 1.90. The highest BCUT2D eigenvalue weighted by Gasteiger charge is 2.17. The number of hydrogen-bond acceptors (Lipinski definition) is 6. The number of rotatable bonds is 3. The molecule has 2 aromatic rings. The molecule has 0 radical (unpaired) electrons. The van der Waals surface area contributed by atoms with Crippen molar-refractivity contribution in [2.75, 3.05) is 24.3 Å². The van der Waals surface area contributed by atoms with Gasteiger partial charge in [0.1, 0.15) is 11.5 Å². The van der Waals surface area contributed by atoms with Crippen LogP contribution in [0.15, 0.2) is 24.5 Å². The van der Waals surface area contributed by atoms with Crippen LogP contribution < -0.4 is 10.6 Å². The van der Waals surface area contributed by atoms with Crippen molar-refractivity contribution in [1.29, 1.82) is 0 Å². The molecule has 2 heterocycles. The molecule has 0 saturated carbocycles. The van der Waals surface area contributed by atoms with E-state index in [2.05, 4.69) is 19.7 Å². The third kappa shape index (κ3) is 3.04. The molecule has 0 saturated heterocycles. The van der Waals surface area contributed by atoms with Crippen molar-refractivity contribution >= 4 is 17.9 Å². The highest BCUT2D eigenvalue weighted by atomic mass is 19.1. The molecule has 0 atom stereocenters. The molecule has 0 spiro atoms. The summed E-state index contributed by atoms with van der Waals surface area (Å²) in [5.74, 6) is -0.314. The fourth-order valence-corrected chi connectivity index (χ4v) is 1.79. The van der Waals surface area contributed by atoms with Gasteiger partial charge in [-0.3, -0.25) is 4.90 Å². The number of methoxy groups -OCH3 is 1. The summed E-state index contributed by atoms with van der Waals surface area (Å²) in [5, 5.41) is 0. The minimum atomic E-state index is -0.609. The zero-order valence-corrected chi connectivity index (χ0v) is 11.6. The van der Waals surface area contributed by atoms with Crippen molar-refractivity contribution in [3.8, 4) is 11.3 Å². The van der Waals surface area contributed by atoms with Crippen LogP contribution in [0.2, 0.25) is 0 Å². The first-order valence-corrected chi connectivity index (χ1v) is 6.16. The van der Waals surface area contributed by atoms with Gasteiger partial charge in [-0.15, -0.1) is 0 Å². The highest BCUT2D eigenvalue weighted by molar-refractivity contribution is 5.87. The number of halogens is 1. The molecule has 1 amide bonds. The molecule has 7 nitrogen and oxygen atoms in total. The summed E-state index contributed by atoms with van der Waals surface area (Å²) >= 11 is 0. The minimum Gasteiger partial charge on any atom is -0.452 e. The number of aromatic nitrogens is 3. The normalized spacial score (nSPS) is 10.2. The first kappa shape index (κ1) is 14.6. The number of nitrogens with two attached hydrogens (primary N) is 1. The van der Waals surface area contributed by atoms with E-state index in [9.17, 15) is 9.18 Å². The van der Waals surface area contributed by atoms with Gasteiger partial charge in [0.2, 0.25) is 5.95 Å². The number of anilines is 2. The predicted octanol–water partition coefficient (Wildman–Crippen LogP) is 1.85. The van der Waals surface area contributed by atoms with Gasteiger partial charge >= 0.3 is 6.09 Å². The standard InChI is InChI=1S/C13H14FN5O2/c1-3-19(13(20)21-2)10-6-8(4-5-16-10)11-9(14)7-17-12(15)18-11/h4-7H,3H2,1-2H3,(H2,15,17,18). The Labute approximate surface area is 120 Å². The summed E-state index contributed by atoms with van der Waals surface area (Å²) in [7, 11) is 1.28. The molecule has 0 fully saturated rings. The van der Waals surface area contributed by atoms with Gasteiger partial charge in [0, 0.05) is 18.3 Å². The highest BCUT2D eigenvalue weighted by Crippen LogP contribution is 2.24. The molecule has 110 valence electrons. The van der Waals surface area contributed by atoms with Gasteiger partial charge in [0.25, 0.3) is 0 Å². The third-order valence-corrected chi connectivity index (χ3v) is 2.77. The van der Waals surface area contributed by atoms with Crippen LogP contribution in [0.1, 0.15) is 6.92 Å². The number of carbonyl (C=O) groups excluding carboxylic acids is 1. The van der Waals surface area contributed by atoms with Crippen molar-refractivity contribution in [3.05, 3.63) is 30.3 Å². The monoisotopic (exact) mass is 291 g/mol. The van der Waals surface area contributed by atoms with Crippen molar-refractivity contribution < 1.29 is 13.9 Å². The summed E-state index contributed by atoms with van der Waals surface area (Å²) in [4.78, 5) is 24.5. The zero-order valence-electron chi connectivity index (χ0n) is 11.6. The third-order valence-electron chi connectivity index (χ3n) is 2.77. The Morgan fingerprint density at radius 1 is 1.48 bits per heavy atom. The second kappa shape index (κ2) is 6.12. The van der Waals surface area contributed by atoms with Crippen LogP contribution in [-0.2, 0) is 4.74 Å². The molecule has 2 aromatic heterocycles. The molecule has 8 heteroatoms. The maximum absolute atomic E-state index is 13.8. The lowest BCUT2D eigenvalue weighted by Gasteiger charge is -2.18. The number of ether oxygens (including phenoxy) is 1. The van der Waals surface area contributed by atoms with Crippen LogP contribution in [0.25, 0.3) is 11.3 Å². The minimum absolute atomic E-state index is 0.0370. The second-order valence-corrected chi connectivity index (χ2v) is 4.04. The molecule has 21 heavy (non-hydrogen) atoms. The number of nitrogen functional groups attached to an aromatic ring is 1. The van der Waals surface area contributed by atoms with E-state index in [4.69, 9.17) is 5.73 Å². The molecule has 0 bridgehead atoms. The van der Waals surface area contributed by atoms with Crippen LogP contribution in [-0.4, -0.2) is 34.7 Å². The van der Waals surface area contributed by atoms with E-state index in [1.807, 2.05) is 0 Å². The molecule has 0 aromatic carbocycles. The molecule has 2 rings (SSSR count). The van der Waals surface area contributed by atoms with Crippen molar-refractivity contribution in [2.24, 2.45) is 0 Å². The summed E-state index contributed by atoms with van der Waals surface area (Å²) in [6.45, 7) is 2.13. The van der Waals surface area contributed by atoms with E-state index in [0.29, 0.717) is 17.9 Å². The van der Waals surface area contributed by atoms with Gasteiger partial charge in [-0.2, -0.15) is 0 Å². The van der Waals surface area contributed by atoms with Crippen LogP contribution in [0.4, 0.5) is 21.0 Å². The second-order valence-electron chi connectivity index (χ2n) is 4.04. The molecule has 0 aliphatic carbocycles. The van der Waals surface area contributed by atoms with Gasteiger partial charge in [0.15, 0.2) is 5.82 Å². The quantitative estimate of drug-likeness (QED) is 0.927. The summed E-state index contributed by atoms with van der Waals surface area (Å²) in [5.41, 5.74) is 5.96. The number of amides is 1. The largest absolute Gasteiger partial charge is 0.452 e. The van der Waals surface area contributed by atoms with Crippen LogP contribution >= 0.6 is 0 Å². The van der Waals surface area contributed by atoms with Gasteiger partial charge < -0.3 is 10.5 Å². The van der Waals surface area contributed by atoms with Crippen molar-refractivity contribution in [2.45, 2.75) is 6.92 Å². The number of carbonyl (C=O) groups is 1. The predicted molar refractivity (Wildman–Crippen MR) is 75.1 cm³/mol. The lowest BCUT2D eigenvalue weighted by atomic mass is 10.2. The van der Waals surface area contributed by atoms with Crippen LogP contribution in [0.5, 0.6) is 0 Å². The molecular formula is C13H14FN5O2. The Balaban J connectivity index is 2.46. The maximum Gasteiger partial charge on any atom is 0.415 e. The van der Waals surface area contributed by atoms with E-state index in [1.165, 1.54) is 24.3 Å². The van der Waals surface area contributed by atoms with Gasteiger partial charge in [-0.05, 0) is 19.1 Å². The van der Waals surface area contributed by atoms with Crippen molar-refractivity contribution in [1.82, 2.24) is 15.0 Å². The molecule has 2 N–H and O–H groups in total. The maximum atomic E-state index is 13.8. The zero-order chi connectivity index (χ0) is 15.4. The summed E-state index contributed by atoms with van der Waals surface area (Å²) < 4.78 is 18.5. The number of nitrogens with zero attached hydrogens (tertiary/aromatic N) is 4. The van der Waals surface area contributed by atoms with E-state index in [0.717, 1.165) is 6.20 Å². The Bertz CT molecular complexity index is 665. The number of pyridine rings is 1. The Morgan fingerprint density at radius 2 is 2.24 bits per heavy atom. The van der Waals surface area contributed by atoms with E-state index in [-0.39, 0.29) is 11.6 Å². The Hall–Kier alpha value is -2.77. The van der Waals surface area contributed by atoms with E-state index >= 15 is 0 Å². The molecule has 0 aliphatic heterocycles. The Kier molecular flexibility index (Phi) is 4.27. The molecular weight excluding hydrogens is 277 g/mol. The van der Waals surface area contributed by atoms with Gasteiger partial charge in [-0.25, -0.2) is 24.1 Å². The van der Waals surface area contributed by atoms with Crippen LogP contribution in [0, 0.1) is 5.82 Å². The van der Waals surface area contributed by atoms with E-state index < -0.39 is 11.9 Å².